The lowest BCUT2D eigenvalue weighted by atomic mass is 10.0. The van der Waals surface area contributed by atoms with Gasteiger partial charge in [0.2, 0.25) is 0 Å². The number of anilines is 1. The number of hydrogen-bond acceptors (Lipinski definition) is 4. The zero-order chi connectivity index (χ0) is 17.9. The van der Waals surface area contributed by atoms with Gasteiger partial charge >= 0.3 is 0 Å². The third-order valence-corrected chi connectivity index (χ3v) is 5.13. The van der Waals surface area contributed by atoms with Crippen LogP contribution >= 0.6 is 0 Å². The largest absolute Gasteiger partial charge is 0.369 e. The minimum atomic E-state index is 0.964. The summed E-state index contributed by atoms with van der Waals surface area (Å²) >= 11 is 0. The molecular weight excluding hydrogens is 322 g/mol. The molecule has 0 spiro atoms. The first kappa shape index (κ1) is 16.8. The van der Waals surface area contributed by atoms with Crippen molar-refractivity contribution < 1.29 is 0 Å². The molecule has 134 valence electrons. The van der Waals surface area contributed by atoms with Crippen molar-refractivity contribution in [1.82, 2.24) is 19.7 Å². The summed E-state index contributed by atoms with van der Waals surface area (Å²) in [5, 5.41) is 4.46. The molecule has 0 saturated carbocycles. The van der Waals surface area contributed by atoms with Crippen molar-refractivity contribution in [3.05, 3.63) is 71.8 Å². The molecule has 5 nitrogen and oxygen atoms in total. The monoisotopic (exact) mass is 347 g/mol. The zero-order valence-corrected chi connectivity index (χ0v) is 15.5. The lowest BCUT2D eigenvalue weighted by molar-refractivity contribution is 0.249. The minimum Gasteiger partial charge on any atom is -0.369 e. The number of nitrogens with zero attached hydrogens (tertiary/aromatic N) is 5. The van der Waals surface area contributed by atoms with Crippen LogP contribution in [0.1, 0.15) is 16.7 Å². The molecule has 0 amide bonds. The van der Waals surface area contributed by atoms with Gasteiger partial charge in [-0.25, -0.2) is 4.68 Å². The summed E-state index contributed by atoms with van der Waals surface area (Å²) in [6.07, 6.45) is 7.61. The lowest BCUT2D eigenvalue weighted by Crippen LogP contribution is -2.46. The van der Waals surface area contributed by atoms with Gasteiger partial charge in [0.25, 0.3) is 0 Å². The molecule has 1 saturated heterocycles. The summed E-state index contributed by atoms with van der Waals surface area (Å²) in [6.45, 7) is 9.55. The summed E-state index contributed by atoms with van der Waals surface area (Å²) in [5.41, 5.74) is 6.45. The topological polar surface area (TPSA) is 37.2 Å². The molecule has 26 heavy (non-hydrogen) atoms. The molecule has 0 N–H and O–H groups in total. The molecule has 0 atom stereocenters. The Morgan fingerprint density at radius 3 is 2.42 bits per heavy atom. The Kier molecular flexibility index (Phi) is 4.71. The van der Waals surface area contributed by atoms with Crippen LogP contribution in [0.15, 0.2) is 55.1 Å². The van der Waals surface area contributed by atoms with Gasteiger partial charge in [-0.15, -0.1) is 0 Å². The van der Waals surface area contributed by atoms with Crippen molar-refractivity contribution in [2.75, 3.05) is 31.1 Å². The number of benzene rings is 1. The van der Waals surface area contributed by atoms with E-state index < -0.39 is 0 Å². The van der Waals surface area contributed by atoms with Gasteiger partial charge in [0.15, 0.2) is 0 Å². The van der Waals surface area contributed by atoms with E-state index in [1.807, 2.05) is 35.5 Å². The lowest BCUT2D eigenvalue weighted by Gasteiger charge is -2.36. The third-order valence-electron chi connectivity index (χ3n) is 5.13. The van der Waals surface area contributed by atoms with Gasteiger partial charge in [0, 0.05) is 63.2 Å². The van der Waals surface area contributed by atoms with Crippen molar-refractivity contribution in [2.24, 2.45) is 0 Å². The van der Waals surface area contributed by atoms with Gasteiger partial charge in [-0.05, 0) is 54.8 Å². The van der Waals surface area contributed by atoms with Crippen LogP contribution in [0, 0.1) is 13.8 Å². The Hall–Kier alpha value is -2.66. The summed E-state index contributed by atoms with van der Waals surface area (Å²) < 4.78 is 1.99. The fraction of sp³-hybridized carbons (Fsp3) is 0.333. The Morgan fingerprint density at radius 1 is 0.962 bits per heavy atom. The SMILES string of the molecule is Cc1cc(C)c(CN2CCN(c3ccncc3)CC2)c(-n2cccn2)c1. The molecule has 4 rings (SSSR count). The molecule has 0 aliphatic carbocycles. The average Bonchev–Trinajstić information content (AvgIpc) is 3.19. The Labute approximate surface area is 154 Å². The smallest absolute Gasteiger partial charge is 0.0695 e. The normalized spacial score (nSPS) is 15.4. The Bertz CT molecular complexity index is 850. The Balaban J connectivity index is 1.50. The number of piperazine rings is 1. The average molecular weight is 347 g/mol. The summed E-state index contributed by atoms with van der Waals surface area (Å²) in [4.78, 5) is 9.10. The number of aryl methyl sites for hydroxylation is 2. The third kappa shape index (κ3) is 3.48. The summed E-state index contributed by atoms with van der Waals surface area (Å²) in [6, 6.07) is 10.7. The van der Waals surface area contributed by atoms with E-state index in [0.29, 0.717) is 0 Å². The van der Waals surface area contributed by atoms with E-state index >= 15 is 0 Å². The highest BCUT2D eigenvalue weighted by atomic mass is 15.3. The van der Waals surface area contributed by atoms with Crippen molar-refractivity contribution in [3.63, 3.8) is 0 Å². The van der Waals surface area contributed by atoms with Crippen molar-refractivity contribution in [1.29, 1.82) is 0 Å². The maximum atomic E-state index is 4.46. The molecule has 1 aliphatic rings. The van der Waals surface area contributed by atoms with E-state index in [2.05, 4.69) is 58.0 Å². The fourth-order valence-corrected chi connectivity index (χ4v) is 3.74. The molecule has 3 heterocycles. The van der Waals surface area contributed by atoms with Crippen LogP contribution < -0.4 is 4.90 Å². The molecule has 1 aromatic carbocycles. The first-order valence-corrected chi connectivity index (χ1v) is 9.18. The number of hydrogen-bond donors (Lipinski definition) is 0. The van der Waals surface area contributed by atoms with Crippen LogP contribution in [0.3, 0.4) is 0 Å². The van der Waals surface area contributed by atoms with Crippen LogP contribution in [0.4, 0.5) is 5.69 Å². The summed E-state index contributed by atoms with van der Waals surface area (Å²) in [5.74, 6) is 0. The van der Waals surface area contributed by atoms with Crippen molar-refractivity contribution in [3.8, 4) is 5.69 Å². The van der Waals surface area contributed by atoms with E-state index in [-0.39, 0.29) is 0 Å². The van der Waals surface area contributed by atoms with Crippen LogP contribution in [0.2, 0.25) is 0 Å². The van der Waals surface area contributed by atoms with Crippen LogP contribution in [-0.4, -0.2) is 45.8 Å². The highest BCUT2D eigenvalue weighted by Crippen LogP contribution is 2.23. The van der Waals surface area contributed by atoms with Crippen LogP contribution in [-0.2, 0) is 6.54 Å². The van der Waals surface area contributed by atoms with E-state index in [4.69, 9.17) is 0 Å². The molecular formula is C21H25N5. The second-order valence-corrected chi connectivity index (χ2v) is 7.00. The van der Waals surface area contributed by atoms with Gasteiger partial charge in [0.05, 0.1) is 5.69 Å². The standard InChI is InChI=1S/C21H25N5/c1-17-14-18(2)20(21(15-17)26-9-3-6-23-26)16-24-10-12-25(13-11-24)19-4-7-22-8-5-19/h3-9,14-15H,10-13,16H2,1-2H3. The number of aromatic nitrogens is 3. The fourth-order valence-electron chi connectivity index (χ4n) is 3.74. The maximum absolute atomic E-state index is 4.46. The minimum absolute atomic E-state index is 0.964. The molecule has 1 fully saturated rings. The van der Waals surface area contributed by atoms with Crippen LogP contribution in [0.25, 0.3) is 5.69 Å². The summed E-state index contributed by atoms with van der Waals surface area (Å²) in [7, 11) is 0. The first-order chi connectivity index (χ1) is 12.7. The van der Waals surface area contributed by atoms with Crippen molar-refractivity contribution in [2.45, 2.75) is 20.4 Å². The molecule has 0 radical (unpaired) electrons. The molecule has 3 aromatic rings. The molecule has 0 unspecified atom stereocenters. The van der Waals surface area contributed by atoms with E-state index in [9.17, 15) is 0 Å². The van der Waals surface area contributed by atoms with E-state index in [1.165, 1.54) is 28.1 Å². The van der Waals surface area contributed by atoms with Crippen molar-refractivity contribution >= 4 is 5.69 Å². The second-order valence-electron chi connectivity index (χ2n) is 7.00. The molecule has 2 aromatic heterocycles. The second kappa shape index (κ2) is 7.30. The Morgan fingerprint density at radius 2 is 1.73 bits per heavy atom. The number of rotatable bonds is 4. The first-order valence-electron chi connectivity index (χ1n) is 9.18. The quantitative estimate of drug-likeness (QED) is 0.726. The van der Waals surface area contributed by atoms with Crippen LogP contribution in [0.5, 0.6) is 0 Å². The zero-order valence-electron chi connectivity index (χ0n) is 15.5. The predicted octanol–water partition coefficient (Wildman–Crippen LogP) is 3.21. The highest BCUT2D eigenvalue weighted by molar-refractivity contribution is 5.48. The van der Waals surface area contributed by atoms with Gasteiger partial charge in [-0.3, -0.25) is 9.88 Å². The number of pyridine rings is 1. The molecule has 0 bridgehead atoms. The predicted molar refractivity (Wildman–Crippen MR) is 105 cm³/mol. The maximum Gasteiger partial charge on any atom is 0.0695 e. The molecule has 1 aliphatic heterocycles. The van der Waals surface area contributed by atoms with E-state index in [0.717, 1.165) is 32.7 Å². The van der Waals surface area contributed by atoms with E-state index in [1.54, 1.807) is 0 Å². The van der Waals surface area contributed by atoms with Gasteiger partial charge in [-0.1, -0.05) is 6.07 Å². The van der Waals surface area contributed by atoms with Gasteiger partial charge in [0.1, 0.15) is 0 Å². The van der Waals surface area contributed by atoms with Gasteiger partial charge < -0.3 is 4.90 Å². The van der Waals surface area contributed by atoms with Gasteiger partial charge in [-0.2, -0.15) is 5.10 Å². The molecule has 5 heteroatoms. The highest BCUT2D eigenvalue weighted by Gasteiger charge is 2.19.